The monoisotopic (exact) mass is 227 g/mol. The summed E-state index contributed by atoms with van der Waals surface area (Å²) < 4.78 is 5.61. The van der Waals surface area contributed by atoms with Crippen LogP contribution in [-0.4, -0.2) is 24.8 Å². The summed E-state index contributed by atoms with van der Waals surface area (Å²) in [4.78, 5) is 0. The Labute approximate surface area is 101 Å². The van der Waals surface area contributed by atoms with Gasteiger partial charge in [-0.05, 0) is 38.0 Å². The van der Waals surface area contributed by atoms with E-state index in [-0.39, 0.29) is 0 Å². The smallest absolute Gasteiger partial charge is 0.0700 e. The Bertz CT molecular complexity index is 181. The Morgan fingerprint density at radius 2 is 1.69 bits per heavy atom. The van der Waals surface area contributed by atoms with Gasteiger partial charge in [-0.1, -0.05) is 27.7 Å². The van der Waals surface area contributed by atoms with Crippen LogP contribution in [-0.2, 0) is 4.74 Å². The molecule has 0 bridgehead atoms. The molecule has 1 saturated heterocycles. The molecule has 1 N–H and O–H groups in total. The molecule has 16 heavy (non-hydrogen) atoms. The van der Waals surface area contributed by atoms with Gasteiger partial charge in [0.05, 0.1) is 6.10 Å². The molecule has 1 heterocycles. The van der Waals surface area contributed by atoms with Gasteiger partial charge in [-0.25, -0.2) is 0 Å². The van der Waals surface area contributed by atoms with Crippen LogP contribution in [0.4, 0.5) is 0 Å². The van der Waals surface area contributed by atoms with E-state index in [1.807, 2.05) is 0 Å². The number of hydrogen-bond acceptors (Lipinski definition) is 2. The Morgan fingerprint density at radius 1 is 1.12 bits per heavy atom. The summed E-state index contributed by atoms with van der Waals surface area (Å²) in [5.41, 5.74) is 0. The lowest BCUT2D eigenvalue weighted by Gasteiger charge is -2.27. The lowest BCUT2D eigenvalue weighted by molar-refractivity contribution is 0.109. The second-order valence-electron chi connectivity index (χ2n) is 6.09. The van der Waals surface area contributed by atoms with Gasteiger partial charge in [-0.2, -0.15) is 0 Å². The van der Waals surface area contributed by atoms with Crippen molar-refractivity contribution in [1.29, 1.82) is 0 Å². The molecule has 1 aliphatic rings. The minimum atomic E-state index is 0.391. The Balaban J connectivity index is 2.41. The molecule has 0 spiro atoms. The molecule has 1 fully saturated rings. The Morgan fingerprint density at radius 3 is 2.06 bits per heavy atom. The van der Waals surface area contributed by atoms with E-state index in [1.165, 1.54) is 19.3 Å². The highest BCUT2D eigenvalue weighted by Crippen LogP contribution is 2.18. The molecule has 2 heteroatoms. The van der Waals surface area contributed by atoms with Gasteiger partial charge in [-0.3, -0.25) is 0 Å². The molecular weight excluding hydrogens is 198 g/mol. The van der Waals surface area contributed by atoms with E-state index in [0.29, 0.717) is 18.2 Å². The standard InChI is InChI=1S/C14H29NO/c1-10(2)8-13(9-11(3)4)15-14-6-7-16-12(14)5/h10-15H,6-9H2,1-5H3. The quantitative estimate of drug-likeness (QED) is 0.752. The topological polar surface area (TPSA) is 21.3 Å². The van der Waals surface area contributed by atoms with Crippen LogP contribution >= 0.6 is 0 Å². The average molecular weight is 227 g/mol. The van der Waals surface area contributed by atoms with Crippen LogP contribution < -0.4 is 5.32 Å². The van der Waals surface area contributed by atoms with Gasteiger partial charge in [0.1, 0.15) is 0 Å². The molecule has 0 aromatic carbocycles. The molecule has 2 unspecified atom stereocenters. The Hall–Kier alpha value is -0.0800. The van der Waals surface area contributed by atoms with Gasteiger partial charge < -0.3 is 10.1 Å². The molecule has 1 rings (SSSR count). The third-order valence-corrected chi connectivity index (χ3v) is 3.34. The minimum Gasteiger partial charge on any atom is -0.377 e. The second kappa shape index (κ2) is 6.61. The molecule has 96 valence electrons. The van der Waals surface area contributed by atoms with Crippen LogP contribution in [0.2, 0.25) is 0 Å². The van der Waals surface area contributed by atoms with Crippen molar-refractivity contribution < 1.29 is 4.74 Å². The van der Waals surface area contributed by atoms with Gasteiger partial charge >= 0.3 is 0 Å². The maximum atomic E-state index is 5.61. The van der Waals surface area contributed by atoms with E-state index >= 15 is 0 Å². The summed E-state index contributed by atoms with van der Waals surface area (Å²) in [6, 6.07) is 1.23. The zero-order chi connectivity index (χ0) is 12.1. The number of hydrogen-bond donors (Lipinski definition) is 1. The van der Waals surface area contributed by atoms with Crippen molar-refractivity contribution in [2.45, 2.75) is 72.1 Å². The number of nitrogens with one attached hydrogen (secondary N) is 1. The minimum absolute atomic E-state index is 0.391. The molecule has 0 radical (unpaired) electrons. The first-order valence-corrected chi connectivity index (χ1v) is 6.86. The molecule has 2 nitrogen and oxygen atoms in total. The maximum Gasteiger partial charge on any atom is 0.0700 e. The third-order valence-electron chi connectivity index (χ3n) is 3.34. The highest BCUT2D eigenvalue weighted by molar-refractivity contribution is 4.83. The first kappa shape index (κ1) is 14.0. The van der Waals surface area contributed by atoms with Crippen molar-refractivity contribution in [2.24, 2.45) is 11.8 Å². The van der Waals surface area contributed by atoms with Gasteiger partial charge in [0.15, 0.2) is 0 Å². The van der Waals surface area contributed by atoms with Crippen LogP contribution in [0, 0.1) is 11.8 Å². The van der Waals surface area contributed by atoms with Crippen LogP contribution in [0.3, 0.4) is 0 Å². The van der Waals surface area contributed by atoms with E-state index in [2.05, 4.69) is 39.9 Å². The summed E-state index contributed by atoms with van der Waals surface area (Å²) in [5.74, 6) is 1.54. The zero-order valence-electron chi connectivity index (χ0n) is 11.6. The third kappa shape index (κ3) is 4.84. The molecule has 0 saturated carbocycles. The largest absolute Gasteiger partial charge is 0.377 e. The highest BCUT2D eigenvalue weighted by Gasteiger charge is 2.26. The Kier molecular flexibility index (Phi) is 5.77. The summed E-state index contributed by atoms with van der Waals surface area (Å²) in [6.07, 6.45) is 4.12. The van der Waals surface area contributed by atoms with Crippen LogP contribution in [0.5, 0.6) is 0 Å². The normalized spacial score (nSPS) is 26.2. The zero-order valence-corrected chi connectivity index (χ0v) is 11.6. The van der Waals surface area contributed by atoms with Crippen LogP contribution in [0.25, 0.3) is 0 Å². The number of ether oxygens (including phenoxy) is 1. The molecule has 0 aromatic heterocycles. The first-order valence-electron chi connectivity index (χ1n) is 6.86. The van der Waals surface area contributed by atoms with Gasteiger partial charge in [0.25, 0.3) is 0 Å². The second-order valence-corrected chi connectivity index (χ2v) is 6.09. The van der Waals surface area contributed by atoms with E-state index in [4.69, 9.17) is 4.74 Å². The molecule has 2 atom stereocenters. The first-order chi connectivity index (χ1) is 7.49. The van der Waals surface area contributed by atoms with Crippen molar-refractivity contribution in [3.63, 3.8) is 0 Å². The van der Waals surface area contributed by atoms with Crippen LogP contribution in [0.15, 0.2) is 0 Å². The summed E-state index contributed by atoms with van der Waals surface area (Å²) in [5, 5.41) is 3.80. The fourth-order valence-corrected chi connectivity index (χ4v) is 2.62. The average Bonchev–Trinajstić information content (AvgIpc) is 2.49. The SMILES string of the molecule is CC(C)CC(CC(C)C)NC1CCOC1C. The van der Waals surface area contributed by atoms with Crippen LogP contribution in [0.1, 0.15) is 53.9 Å². The van der Waals surface area contributed by atoms with Crippen molar-refractivity contribution >= 4 is 0 Å². The van der Waals surface area contributed by atoms with Gasteiger partial charge in [-0.15, -0.1) is 0 Å². The van der Waals surface area contributed by atoms with E-state index in [0.717, 1.165) is 18.4 Å². The summed E-state index contributed by atoms with van der Waals surface area (Å²) in [7, 11) is 0. The lowest BCUT2D eigenvalue weighted by Crippen LogP contribution is -2.43. The molecule has 0 amide bonds. The maximum absolute atomic E-state index is 5.61. The fraction of sp³-hybridized carbons (Fsp3) is 1.00. The van der Waals surface area contributed by atoms with E-state index in [1.54, 1.807) is 0 Å². The van der Waals surface area contributed by atoms with E-state index < -0.39 is 0 Å². The van der Waals surface area contributed by atoms with Gasteiger partial charge in [0, 0.05) is 18.7 Å². The fourth-order valence-electron chi connectivity index (χ4n) is 2.62. The molecule has 0 aliphatic carbocycles. The summed E-state index contributed by atoms with van der Waals surface area (Å²) >= 11 is 0. The summed E-state index contributed by atoms with van der Waals surface area (Å²) in [6.45, 7) is 12.3. The highest BCUT2D eigenvalue weighted by atomic mass is 16.5. The molecule has 0 aromatic rings. The predicted octanol–water partition coefficient (Wildman–Crippen LogP) is 3.21. The van der Waals surface area contributed by atoms with Crippen molar-refractivity contribution in [1.82, 2.24) is 5.32 Å². The molecular formula is C14H29NO. The van der Waals surface area contributed by atoms with Crippen molar-refractivity contribution in [3.05, 3.63) is 0 Å². The van der Waals surface area contributed by atoms with Gasteiger partial charge in [0.2, 0.25) is 0 Å². The van der Waals surface area contributed by atoms with Crippen molar-refractivity contribution in [2.75, 3.05) is 6.61 Å². The van der Waals surface area contributed by atoms with E-state index in [9.17, 15) is 0 Å². The predicted molar refractivity (Wildman–Crippen MR) is 69.7 cm³/mol. The lowest BCUT2D eigenvalue weighted by atomic mass is 9.94. The van der Waals surface area contributed by atoms with Crippen molar-refractivity contribution in [3.8, 4) is 0 Å². The number of rotatable bonds is 6. The molecule has 1 aliphatic heterocycles.